The second-order valence-electron chi connectivity index (χ2n) is 5.75. The number of nitrogens with one attached hydrogen (secondary N) is 1. The Morgan fingerprint density at radius 1 is 1.25 bits per heavy atom. The fraction of sp³-hybridized carbons (Fsp3) is 0.647. The summed E-state index contributed by atoms with van der Waals surface area (Å²) in [4.78, 5) is 2.59. The molecule has 1 unspecified atom stereocenters. The molecule has 0 aliphatic carbocycles. The third-order valence-electron chi connectivity index (χ3n) is 4.38. The number of nitrogens with zero attached hydrogens (tertiary/aromatic N) is 1. The van der Waals surface area contributed by atoms with Crippen molar-refractivity contribution in [1.29, 1.82) is 0 Å². The van der Waals surface area contributed by atoms with Crippen LogP contribution in [0.1, 0.15) is 45.1 Å². The fourth-order valence-corrected chi connectivity index (χ4v) is 3.40. The predicted molar refractivity (Wildman–Crippen MR) is 91.4 cm³/mol. The zero-order valence-electron chi connectivity index (χ0n) is 12.8. The minimum absolute atomic E-state index is 0.921. The molecule has 20 heavy (non-hydrogen) atoms. The highest BCUT2D eigenvalue weighted by molar-refractivity contribution is 9.10. The number of benzene rings is 1. The molecule has 3 heteroatoms. The molecule has 2 rings (SSSR count). The maximum Gasteiger partial charge on any atom is 0.0423 e. The molecule has 0 amide bonds. The number of hydrogen-bond acceptors (Lipinski definition) is 2. The minimum atomic E-state index is 0.921. The van der Waals surface area contributed by atoms with E-state index in [9.17, 15) is 0 Å². The van der Waals surface area contributed by atoms with Gasteiger partial charge in [-0.05, 0) is 49.4 Å². The van der Waals surface area contributed by atoms with E-state index in [0.717, 1.165) is 19.0 Å². The Morgan fingerprint density at radius 2 is 2.10 bits per heavy atom. The van der Waals surface area contributed by atoms with Gasteiger partial charge in [0.1, 0.15) is 0 Å². The van der Waals surface area contributed by atoms with Gasteiger partial charge in [-0.25, -0.2) is 0 Å². The summed E-state index contributed by atoms with van der Waals surface area (Å²) in [5.74, 6) is 0.921. The first-order valence-electron chi connectivity index (χ1n) is 7.98. The third-order valence-corrected chi connectivity index (χ3v) is 4.87. The highest BCUT2D eigenvalue weighted by Gasteiger charge is 2.18. The summed E-state index contributed by atoms with van der Waals surface area (Å²) in [5, 5.41) is 3.46. The quantitative estimate of drug-likeness (QED) is 0.845. The summed E-state index contributed by atoms with van der Waals surface area (Å²) in [6.45, 7) is 8.88. The molecule has 1 saturated heterocycles. The van der Waals surface area contributed by atoms with Gasteiger partial charge in [0.05, 0.1) is 0 Å². The Hall–Kier alpha value is -0.540. The van der Waals surface area contributed by atoms with E-state index in [1.54, 1.807) is 0 Å². The first kappa shape index (κ1) is 15.8. The fourth-order valence-electron chi connectivity index (χ4n) is 3.06. The SMILES string of the molecule is CCNCc1ccc(Br)cc1N1CCCC(CC)CC1. The van der Waals surface area contributed by atoms with Crippen molar-refractivity contribution in [2.24, 2.45) is 5.92 Å². The van der Waals surface area contributed by atoms with Gasteiger partial charge in [0.25, 0.3) is 0 Å². The first-order valence-corrected chi connectivity index (χ1v) is 8.78. The Kier molecular flexibility index (Phi) is 6.37. The molecule has 0 aromatic heterocycles. The smallest absolute Gasteiger partial charge is 0.0423 e. The van der Waals surface area contributed by atoms with Crippen molar-refractivity contribution in [3.8, 4) is 0 Å². The molecular formula is C17H27BrN2. The van der Waals surface area contributed by atoms with Crippen LogP contribution in [0.5, 0.6) is 0 Å². The maximum absolute atomic E-state index is 3.63. The normalized spacial score (nSPS) is 19.9. The molecule has 1 aliphatic rings. The van der Waals surface area contributed by atoms with Crippen LogP contribution in [0.15, 0.2) is 22.7 Å². The summed E-state index contributed by atoms with van der Waals surface area (Å²) in [6.07, 6.45) is 5.38. The molecule has 2 nitrogen and oxygen atoms in total. The van der Waals surface area contributed by atoms with E-state index in [0.29, 0.717) is 0 Å². The van der Waals surface area contributed by atoms with Crippen LogP contribution in [0, 0.1) is 5.92 Å². The molecule has 1 N–H and O–H groups in total. The summed E-state index contributed by atoms with van der Waals surface area (Å²) in [5.41, 5.74) is 2.84. The molecule has 1 fully saturated rings. The lowest BCUT2D eigenvalue weighted by Gasteiger charge is -2.26. The van der Waals surface area contributed by atoms with Gasteiger partial charge in [-0.2, -0.15) is 0 Å². The van der Waals surface area contributed by atoms with Crippen molar-refractivity contribution >= 4 is 21.6 Å². The van der Waals surface area contributed by atoms with E-state index >= 15 is 0 Å². The molecule has 1 aliphatic heterocycles. The van der Waals surface area contributed by atoms with E-state index in [4.69, 9.17) is 0 Å². The molecule has 1 heterocycles. The van der Waals surface area contributed by atoms with Crippen LogP contribution in [0.4, 0.5) is 5.69 Å². The van der Waals surface area contributed by atoms with Crippen LogP contribution in [0.2, 0.25) is 0 Å². The number of rotatable bonds is 5. The van der Waals surface area contributed by atoms with E-state index in [1.165, 1.54) is 54.5 Å². The Labute approximate surface area is 132 Å². The molecule has 0 saturated carbocycles. The third kappa shape index (κ3) is 4.23. The van der Waals surface area contributed by atoms with Gasteiger partial charge in [-0.1, -0.05) is 42.3 Å². The number of halogens is 1. The van der Waals surface area contributed by atoms with Crippen LogP contribution in [0.25, 0.3) is 0 Å². The number of hydrogen-bond donors (Lipinski definition) is 1. The molecule has 1 aromatic rings. The van der Waals surface area contributed by atoms with Gasteiger partial charge in [-0.15, -0.1) is 0 Å². The predicted octanol–water partition coefficient (Wildman–Crippen LogP) is 4.58. The van der Waals surface area contributed by atoms with E-state index < -0.39 is 0 Å². The Morgan fingerprint density at radius 3 is 2.85 bits per heavy atom. The summed E-state index contributed by atoms with van der Waals surface area (Å²) >= 11 is 3.63. The van der Waals surface area contributed by atoms with E-state index in [2.05, 4.69) is 58.2 Å². The zero-order valence-corrected chi connectivity index (χ0v) is 14.4. The van der Waals surface area contributed by atoms with Crippen molar-refractivity contribution in [1.82, 2.24) is 5.32 Å². The van der Waals surface area contributed by atoms with Crippen molar-refractivity contribution < 1.29 is 0 Å². The molecule has 112 valence electrons. The van der Waals surface area contributed by atoms with Crippen LogP contribution in [0.3, 0.4) is 0 Å². The average molecular weight is 339 g/mol. The zero-order chi connectivity index (χ0) is 14.4. The minimum Gasteiger partial charge on any atom is -0.371 e. The van der Waals surface area contributed by atoms with Crippen molar-refractivity contribution in [2.45, 2.75) is 46.1 Å². The lowest BCUT2D eigenvalue weighted by molar-refractivity contribution is 0.459. The van der Waals surface area contributed by atoms with Crippen LogP contribution in [-0.4, -0.2) is 19.6 Å². The first-order chi connectivity index (χ1) is 9.74. The molecule has 1 aromatic carbocycles. The lowest BCUT2D eigenvalue weighted by Crippen LogP contribution is -2.26. The average Bonchev–Trinajstić information content (AvgIpc) is 2.71. The summed E-state index contributed by atoms with van der Waals surface area (Å²) in [7, 11) is 0. The lowest BCUT2D eigenvalue weighted by atomic mass is 9.98. The van der Waals surface area contributed by atoms with Crippen LogP contribution >= 0.6 is 15.9 Å². The van der Waals surface area contributed by atoms with Crippen molar-refractivity contribution in [3.63, 3.8) is 0 Å². The van der Waals surface area contributed by atoms with Crippen molar-refractivity contribution in [2.75, 3.05) is 24.5 Å². The molecule has 0 radical (unpaired) electrons. The van der Waals surface area contributed by atoms with Crippen LogP contribution < -0.4 is 10.2 Å². The topological polar surface area (TPSA) is 15.3 Å². The van der Waals surface area contributed by atoms with Crippen LogP contribution in [-0.2, 0) is 6.54 Å². The highest BCUT2D eigenvalue weighted by atomic mass is 79.9. The maximum atomic E-state index is 3.63. The van der Waals surface area contributed by atoms with E-state index in [-0.39, 0.29) is 0 Å². The summed E-state index contributed by atoms with van der Waals surface area (Å²) < 4.78 is 1.18. The highest BCUT2D eigenvalue weighted by Crippen LogP contribution is 2.29. The molecule has 0 bridgehead atoms. The van der Waals surface area contributed by atoms with E-state index in [1.807, 2.05) is 0 Å². The Bertz CT molecular complexity index is 419. The van der Waals surface area contributed by atoms with Gasteiger partial charge in [-0.3, -0.25) is 0 Å². The van der Waals surface area contributed by atoms with Gasteiger partial charge in [0, 0.05) is 29.8 Å². The Balaban J connectivity index is 2.15. The second kappa shape index (κ2) is 8.04. The van der Waals surface area contributed by atoms with Gasteiger partial charge >= 0.3 is 0 Å². The molecule has 0 spiro atoms. The molecular weight excluding hydrogens is 312 g/mol. The van der Waals surface area contributed by atoms with Gasteiger partial charge in [0.2, 0.25) is 0 Å². The number of anilines is 1. The largest absolute Gasteiger partial charge is 0.371 e. The van der Waals surface area contributed by atoms with Gasteiger partial charge in [0.15, 0.2) is 0 Å². The summed E-state index contributed by atoms with van der Waals surface area (Å²) in [6, 6.07) is 6.70. The molecule has 1 atom stereocenters. The standard InChI is InChI=1S/C17H27BrN2/c1-3-14-6-5-10-20(11-9-14)17-12-16(18)8-7-15(17)13-19-4-2/h7-8,12,14,19H,3-6,9-11,13H2,1-2H3. The monoisotopic (exact) mass is 338 g/mol. The van der Waals surface area contributed by atoms with Crippen molar-refractivity contribution in [3.05, 3.63) is 28.2 Å². The van der Waals surface area contributed by atoms with Gasteiger partial charge < -0.3 is 10.2 Å². The second-order valence-corrected chi connectivity index (χ2v) is 6.66.